The molecule has 0 radical (unpaired) electrons. The van der Waals surface area contributed by atoms with Crippen molar-refractivity contribution in [2.45, 2.75) is 32.4 Å². The van der Waals surface area contributed by atoms with E-state index in [1.807, 2.05) is 6.07 Å². The minimum atomic E-state index is 0.493. The van der Waals surface area contributed by atoms with Crippen molar-refractivity contribution < 1.29 is 9.47 Å². The standard InChI is InChI=1S/C15H22N2O2/c1-11-5-6-17(12(2)10-16-11)13-3-4-14-15(9-13)19-8-7-18-14/h3-4,9,11-12,16H,5-8,10H2,1-2H3. The lowest BCUT2D eigenvalue weighted by atomic mass is 10.2. The second-order valence-corrected chi connectivity index (χ2v) is 5.47. The summed E-state index contributed by atoms with van der Waals surface area (Å²) in [6.45, 7) is 7.91. The Hall–Kier alpha value is -1.42. The topological polar surface area (TPSA) is 33.7 Å². The van der Waals surface area contributed by atoms with E-state index in [2.05, 4.69) is 36.2 Å². The Bertz CT molecular complexity index is 450. The summed E-state index contributed by atoms with van der Waals surface area (Å²) in [7, 11) is 0. The second kappa shape index (κ2) is 5.29. The van der Waals surface area contributed by atoms with Crippen molar-refractivity contribution >= 4 is 5.69 Å². The van der Waals surface area contributed by atoms with Gasteiger partial charge in [0.1, 0.15) is 13.2 Å². The number of nitrogens with one attached hydrogen (secondary N) is 1. The highest BCUT2D eigenvalue weighted by Gasteiger charge is 2.21. The third-order valence-electron chi connectivity index (χ3n) is 3.95. The van der Waals surface area contributed by atoms with E-state index in [0.29, 0.717) is 25.3 Å². The predicted molar refractivity (Wildman–Crippen MR) is 76.3 cm³/mol. The maximum atomic E-state index is 5.68. The van der Waals surface area contributed by atoms with E-state index < -0.39 is 0 Å². The number of fused-ring (bicyclic) bond motifs is 1. The molecule has 2 heterocycles. The Kier molecular flexibility index (Phi) is 3.51. The highest BCUT2D eigenvalue weighted by molar-refractivity contribution is 5.57. The van der Waals surface area contributed by atoms with E-state index in [0.717, 1.165) is 24.6 Å². The zero-order chi connectivity index (χ0) is 13.2. The first kappa shape index (κ1) is 12.6. The molecular weight excluding hydrogens is 240 g/mol. The van der Waals surface area contributed by atoms with Gasteiger partial charge in [0.25, 0.3) is 0 Å². The van der Waals surface area contributed by atoms with Crippen molar-refractivity contribution in [1.82, 2.24) is 5.32 Å². The normalized spacial score (nSPS) is 26.9. The molecule has 0 bridgehead atoms. The van der Waals surface area contributed by atoms with Crippen LogP contribution < -0.4 is 19.7 Å². The van der Waals surface area contributed by atoms with Gasteiger partial charge < -0.3 is 19.7 Å². The van der Waals surface area contributed by atoms with Crippen LogP contribution in [0.1, 0.15) is 20.3 Å². The van der Waals surface area contributed by atoms with E-state index in [1.165, 1.54) is 12.1 Å². The Morgan fingerprint density at radius 1 is 1.16 bits per heavy atom. The van der Waals surface area contributed by atoms with Crippen LogP contribution in [-0.2, 0) is 0 Å². The highest BCUT2D eigenvalue weighted by atomic mass is 16.6. The van der Waals surface area contributed by atoms with Gasteiger partial charge >= 0.3 is 0 Å². The molecular formula is C15H22N2O2. The molecule has 4 nitrogen and oxygen atoms in total. The van der Waals surface area contributed by atoms with Gasteiger partial charge in [-0.15, -0.1) is 0 Å². The molecule has 0 aromatic heterocycles. The van der Waals surface area contributed by atoms with Gasteiger partial charge in [0, 0.05) is 36.9 Å². The third kappa shape index (κ3) is 2.63. The summed E-state index contributed by atoms with van der Waals surface area (Å²) in [6.07, 6.45) is 1.17. The molecule has 2 atom stereocenters. The summed E-state index contributed by atoms with van der Waals surface area (Å²) in [5, 5.41) is 3.56. The van der Waals surface area contributed by atoms with Crippen LogP contribution in [0, 0.1) is 0 Å². The average Bonchev–Trinajstić information content (AvgIpc) is 2.61. The molecule has 0 aliphatic carbocycles. The molecule has 1 aromatic rings. The van der Waals surface area contributed by atoms with E-state index in [4.69, 9.17) is 9.47 Å². The average molecular weight is 262 g/mol. The van der Waals surface area contributed by atoms with Crippen LogP contribution in [-0.4, -0.2) is 38.4 Å². The van der Waals surface area contributed by atoms with E-state index >= 15 is 0 Å². The lowest BCUT2D eigenvalue weighted by Crippen LogP contribution is -2.38. The molecule has 19 heavy (non-hydrogen) atoms. The Morgan fingerprint density at radius 3 is 2.79 bits per heavy atom. The van der Waals surface area contributed by atoms with Crippen molar-refractivity contribution in [2.75, 3.05) is 31.2 Å². The Labute approximate surface area is 114 Å². The minimum absolute atomic E-state index is 0.493. The second-order valence-electron chi connectivity index (χ2n) is 5.47. The monoisotopic (exact) mass is 262 g/mol. The largest absolute Gasteiger partial charge is 0.486 e. The molecule has 2 aliphatic rings. The molecule has 104 valence electrons. The molecule has 0 amide bonds. The molecule has 1 aromatic carbocycles. The highest BCUT2D eigenvalue weighted by Crippen LogP contribution is 2.34. The zero-order valence-corrected chi connectivity index (χ0v) is 11.7. The SMILES string of the molecule is CC1CCN(c2ccc3c(c2)OCCO3)C(C)CN1. The van der Waals surface area contributed by atoms with E-state index in [1.54, 1.807) is 0 Å². The predicted octanol–water partition coefficient (Wildman–Crippen LogP) is 2.03. The van der Waals surface area contributed by atoms with Crippen LogP contribution in [0.4, 0.5) is 5.69 Å². The van der Waals surface area contributed by atoms with Crippen LogP contribution >= 0.6 is 0 Å². The summed E-state index contributed by atoms with van der Waals surface area (Å²) in [5.74, 6) is 1.74. The Balaban J connectivity index is 1.84. The van der Waals surface area contributed by atoms with Crippen molar-refractivity contribution in [3.05, 3.63) is 18.2 Å². The molecule has 0 spiro atoms. The van der Waals surface area contributed by atoms with Crippen LogP contribution in [0.5, 0.6) is 11.5 Å². The first-order valence-electron chi connectivity index (χ1n) is 7.14. The van der Waals surface area contributed by atoms with Crippen molar-refractivity contribution in [3.8, 4) is 11.5 Å². The summed E-state index contributed by atoms with van der Waals surface area (Å²) < 4.78 is 11.3. The first-order chi connectivity index (χ1) is 9.24. The smallest absolute Gasteiger partial charge is 0.163 e. The molecule has 4 heteroatoms. The molecule has 1 N–H and O–H groups in total. The molecule has 3 rings (SSSR count). The van der Waals surface area contributed by atoms with E-state index in [9.17, 15) is 0 Å². The van der Waals surface area contributed by atoms with Crippen LogP contribution in [0.3, 0.4) is 0 Å². The first-order valence-corrected chi connectivity index (χ1v) is 7.14. The lowest BCUT2D eigenvalue weighted by Gasteiger charge is -2.30. The number of ether oxygens (including phenoxy) is 2. The third-order valence-corrected chi connectivity index (χ3v) is 3.95. The fourth-order valence-corrected chi connectivity index (χ4v) is 2.73. The number of rotatable bonds is 1. The summed E-state index contributed by atoms with van der Waals surface area (Å²) in [4.78, 5) is 2.45. The summed E-state index contributed by atoms with van der Waals surface area (Å²) >= 11 is 0. The van der Waals surface area contributed by atoms with Gasteiger partial charge in [0.05, 0.1) is 0 Å². The van der Waals surface area contributed by atoms with Gasteiger partial charge in [-0.2, -0.15) is 0 Å². The number of hydrogen-bond donors (Lipinski definition) is 1. The maximum Gasteiger partial charge on any atom is 0.163 e. The van der Waals surface area contributed by atoms with Gasteiger partial charge in [-0.25, -0.2) is 0 Å². The van der Waals surface area contributed by atoms with Crippen LogP contribution in [0.15, 0.2) is 18.2 Å². The molecule has 2 aliphatic heterocycles. The fourth-order valence-electron chi connectivity index (χ4n) is 2.73. The van der Waals surface area contributed by atoms with Crippen molar-refractivity contribution in [1.29, 1.82) is 0 Å². The fraction of sp³-hybridized carbons (Fsp3) is 0.600. The lowest BCUT2D eigenvalue weighted by molar-refractivity contribution is 0.171. The van der Waals surface area contributed by atoms with Crippen molar-refractivity contribution in [2.24, 2.45) is 0 Å². The Morgan fingerprint density at radius 2 is 1.95 bits per heavy atom. The molecule has 1 saturated heterocycles. The van der Waals surface area contributed by atoms with Gasteiger partial charge in [0.15, 0.2) is 11.5 Å². The number of hydrogen-bond acceptors (Lipinski definition) is 4. The minimum Gasteiger partial charge on any atom is -0.486 e. The van der Waals surface area contributed by atoms with Crippen LogP contribution in [0.25, 0.3) is 0 Å². The summed E-state index contributed by atoms with van der Waals surface area (Å²) in [5.41, 5.74) is 1.23. The molecule has 0 saturated carbocycles. The maximum absolute atomic E-state index is 5.68. The van der Waals surface area contributed by atoms with Crippen molar-refractivity contribution in [3.63, 3.8) is 0 Å². The van der Waals surface area contributed by atoms with Gasteiger partial charge in [-0.1, -0.05) is 0 Å². The number of nitrogens with zero attached hydrogens (tertiary/aromatic N) is 1. The van der Waals surface area contributed by atoms with Gasteiger partial charge in [0.2, 0.25) is 0 Å². The molecule has 2 unspecified atom stereocenters. The van der Waals surface area contributed by atoms with Gasteiger partial charge in [-0.3, -0.25) is 0 Å². The number of benzene rings is 1. The zero-order valence-electron chi connectivity index (χ0n) is 11.7. The number of anilines is 1. The van der Waals surface area contributed by atoms with Crippen LogP contribution in [0.2, 0.25) is 0 Å². The molecule has 1 fully saturated rings. The quantitative estimate of drug-likeness (QED) is 0.839. The van der Waals surface area contributed by atoms with Gasteiger partial charge in [-0.05, 0) is 32.4 Å². The summed E-state index contributed by atoms with van der Waals surface area (Å²) in [6, 6.07) is 7.36. The van der Waals surface area contributed by atoms with E-state index in [-0.39, 0.29) is 0 Å².